The van der Waals surface area contributed by atoms with Gasteiger partial charge in [-0.05, 0) is 43.7 Å². The first-order valence-electron chi connectivity index (χ1n) is 7.97. The highest BCUT2D eigenvalue weighted by Crippen LogP contribution is 2.19. The van der Waals surface area contributed by atoms with Gasteiger partial charge < -0.3 is 9.47 Å². The van der Waals surface area contributed by atoms with E-state index >= 15 is 0 Å². The fraction of sp³-hybridized carbons (Fsp3) is 0.556. The van der Waals surface area contributed by atoms with E-state index in [1.54, 1.807) is 19.1 Å². The quantitative estimate of drug-likeness (QED) is 0.537. The Bertz CT molecular complexity index is 506. The van der Waals surface area contributed by atoms with Crippen molar-refractivity contribution in [2.24, 2.45) is 5.92 Å². The van der Waals surface area contributed by atoms with E-state index in [-0.39, 0.29) is 12.2 Å². The number of hydrogen-bond acceptors (Lipinski definition) is 4. The van der Waals surface area contributed by atoms with Gasteiger partial charge in [0, 0.05) is 0 Å². The highest BCUT2D eigenvalue weighted by molar-refractivity contribution is 6.04. The molecule has 0 aliphatic carbocycles. The molecule has 0 aliphatic heterocycles. The molecular formula is C18H26O4. The zero-order valence-electron chi connectivity index (χ0n) is 14.0. The van der Waals surface area contributed by atoms with Crippen molar-refractivity contribution in [2.45, 2.75) is 47.0 Å². The molecule has 0 spiro atoms. The van der Waals surface area contributed by atoms with Crippen molar-refractivity contribution in [3.8, 4) is 0 Å². The number of esters is 2. The van der Waals surface area contributed by atoms with E-state index in [1.165, 1.54) is 0 Å². The summed E-state index contributed by atoms with van der Waals surface area (Å²) in [6.07, 6.45) is 2.49. The van der Waals surface area contributed by atoms with E-state index in [0.29, 0.717) is 24.5 Å². The molecule has 0 bridgehead atoms. The minimum atomic E-state index is -0.480. The van der Waals surface area contributed by atoms with Crippen molar-refractivity contribution in [1.82, 2.24) is 0 Å². The summed E-state index contributed by atoms with van der Waals surface area (Å²) in [7, 11) is 0. The largest absolute Gasteiger partial charge is 0.462 e. The first-order chi connectivity index (χ1) is 10.5. The van der Waals surface area contributed by atoms with E-state index in [1.807, 2.05) is 13.0 Å². The molecule has 0 radical (unpaired) electrons. The van der Waals surface area contributed by atoms with Crippen LogP contribution < -0.4 is 0 Å². The van der Waals surface area contributed by atoms with E-state index in [9.17, 15) is 9.59 Å². The van der Waals surface area contributed by atoms with Crippen LogP contribution in [-0.4, -0.2) is 25.2 Å². The lowest BCUT2D eigenvalue weighted by atomic mass is 9.99. The molecule has 1 aromatic rings. The van der Waals surface area contributed by atoms with Crippen molar-refractivity contribution in [3.63, 3.8) is 0 Å². The van der Waals surface area contributed by atoms with Crippen molar-refractivity contribution >= 4 is 11.9 Å². The second-order valence-electron chi connectivity index (χ2n) is 5.59. The molecule has 1 aromatic carbocycles. The third-order valence-electron chi connectivity index (χ3n) is 3.39. The smallest absolute Gasteiger partial charge is 0.339 e. The number of aryl methyl sites for hydroxylation is 1. The molecule has 0 aliphatic rings. The SMILES string of the molecule is CCOC(=O)c1cccc(CC)c1C(=O)OCCCC(C)C. The Balaban J connectivity index is 2.90. The molecule has 0 fully saturated rings. The minimum absolute atomic E-state index is 0.276. The molecule has 0 N–H and O–H groups in total. The molecule has 0 atom stereocenters. The van der Waals surface area contributed by atoms with Crippen LogP contribution in [-0.2, 0) is 15.9 Å². The van der Waals surface area contributed by atoms with Gasteiger partial charge in [0.05, 0.1) is 24.3 Å². The van der Waals surface area contributed by atoms with Crippen LogP contribution in [0.1, 0.15) is 66.8 Å². The lowest BCUT2D eigenvalue weighted by Gasteiger charge is -2.13. The molecule has 122 valence electrons. The Morgan fingerprint density at radius 2 is 1.82 bits per heavy atom. The van der Waals surface area contributed by atoms with E-state index in [2.05, 4.69) is 13.8 Å². The standard InChI is InChI=1S/C18H26O4/c1-5-14-10-7-11-15(17(19)21-6-2)16(14)18(20)22-12-8-9-13(3)4/h7,10-11,13H,5-6,8-9,12H2,1-4H3. The maximum Gasteiger partial charge on any atom is 0.339 e. The molecule has 1 rings (SSSR count). The summed E-state index contributed by atoms with van der Waals surface area (Å²) < 4.78 is 10.4. The van der Waals surface area contributed by atoms with Gasteiger partial charge in [0.1, 0.15) is 0 Å². The van der Waals surface area contributed by atoms with Crippen LogP contribution in [0.15, 0.2) is 18.2 Å². The van der Waals surface area contributed by atoms with Crippen molar-refractivity contribution in [3.05, 3.63) is 34.9 Å². The average molecular weight is 306 g/mol. The van der Waals surface area contributed by atoms with Gasteiger partial charge in [-0.2, -0.15) is 0 Å². The topological polar surface area (TPSA) is 52.6 Å². The Labute approximate surface area is 132 Å². The normalized spacial score (nSPS) is 10.6. The highest BCUT2D eigenvalue weighted by Gasteiger charge is 2.22. The predicted molar refractivity (Wildman–Crippen MR) is 86.1 cm³/mol. The Morgan fingerprint density at radius 3 is 2.41 bits per heavy atom. The zero-order valence-corrected chi connectivity index (χ0v) is 14.0. The van der Waals surface area contributed by atoms with E-state index < -0.39 is 11.9 Å². The molecule has 4 heteroatoms. The van der Waals surface area contributed by atoms with Gasteiger partial charge in [-0.25, -0.2) is 9.59 Å². The van der Waals surface area contributed by atoms with Gasteiger partial charge in [-0.1, -0.05) is 32.9 Å². The van der Waals surface area contributed by atoms with E-state index in [4.69, 9.17) is 9.47 Å². The monoisotopic (exact) mass is 306 g/mol. The van der Waals surface area contributed by atoms with Crippen LogP contribution in [0.5, 0.6) is 0 Å². The summed E-state index contributed by atoms with van der Waals surface area (Å²) in [6, 6.07) is 5.22. The zero-order chi connectivity index (χ0) is 16.5. The van der Waals surface area contributed by atoms with Crippen LogP contribution in [0, 0.1) is 5.92 Å². The predicted octanol–water partition coefficient (Wildman–Crippen LogP) is 4.02. The van der Waals surface area contributed by atoms with Gasteiger partial charge in [0.2, 0.25) is 0 Å². The molecule has 0 saturated carbocycles. The van der Waals surface area contributed by atoms with Crippen LogP contribution in [0.4, 0.5) is 0 Å². The average Bonchev–Trinajstić information content (AvgIpc) is 2.50. The van der Waals surface area contributed by atoms with Crippen molar-refractivity contribution in [2.75, 3.05) is 13.2 Å². The van der Waals surface area contributed by atoms with E-state index in [0.717, 1.165) is 18.4 Å². The molecule has 0 amide bonds. The number of carbonyl (C=O) groups excluding carboxylic acids is 2. The molecule has 0 aromatic heterocycles. The number of ether oxygens (including phenoxy) is 2. The highest BCUT2D eigenvalue weighted by atomic mass is 16.5. The first-order valence-corrected chi connectivity index (χ1v) is 7.97. The summed E-state index contributed by atoms with van der Waals surface area (Å²) in [6.45, 7) is 8.60. The maximum atomic E-state index is 12.4. The van der Waals surface area contributed by atoms with Gasteiger partial charge in [-0.3, -0.25) is 0 Å². The minimum Gasteiger partial charge on any atom is -0.462 e. The third-order valence-corrected chi connectivity index (χ3v) is 3.39. The summed E-state index contributed by atoms with van der Waals surface area (Å²) in [4.78, 5) is 24.4. The lowest BCUT2D eigenvalue weighted by molar-refractivity contribution is 0.0459. The Hall–Kier alpha value is -1.84. The second kappa shape index (κ2) is 9.23. The summed E-state index contributed by atoms with van der Waals surface area (Å²) in [5.74, 6) is -0.340. The Kier molecular flexibility index (Phi) is 7.64. The molecular weight excluding hydrogens is 280 g/mol. The van der Waals surface area contributed by atoms with Crippen LogP contribution in [0.3, 0.4) is 0 Å². The summed E-state index contributed by atoms with van der Waals surface area (Å²) in [5.41, 5.74) is 1.43. The van der Waals surface area contributed by atoms with Gasteiger partial charge in [-0.15, -0.1) is 0 Å². The van der Waals surface area contributed by atoms with Crippen LogP contribution >= 0.6 is 0 Å². The third kappa shape index (κ3) is 5.17. The maximum absolute atomic E-state index is 12.4. The van der Waals surface area contributed by atoms with Gasteiger partial charge in [0.25, 0.3) is 0 Å². The number of carbonyl (C=O) groups is 2. The lowest BCUT2D eigenvalue weighted by Crippen LogP contribution is -2.17. The molecule has 0 saturated heterocycles. The molecule has 4 nitrogen and oxygen atoms in total. The first kappa shape index (κ1) is 18.2. The number of hydrogen-bond donors (Lipinski definition) is 0. The second-order valence-corrected chi connectivity index (χ2v) is 5.59. The molecule has 0 heterocycles. The van der Waals surface area contributed by atoms with Crippen molar-refractivity contribution in [1.29, 1.82) is 0 Å². The molecule has 0 unspecified atom stereocenters. The Morgan fingerprint density at radius 1 is 1.09 bits per heavy atom. The summed E-state index contributed by atoms with van der Waals surface area (Å²) in [5, 5.41) is 0. The number of rotatable bonds is 8. The number of benzene rings is 1. The summed E-state index contributed by atoms with van der Waals surface area (Å²) >= 11 is 0. The van der Waals surface area contributed by atoms with Gasteiger partial charge in [0.15, 0.2) is 0 Å². The fourth-order valence-electron chi connectivity index (χ4n) is 2.24. The van der Waals surface area contributed by atoms with Gasteiger partial charge >= 0.3 is 11.9 Å². The van der Waals surface area contributed by atoms with Crippen LogP contribution in [0.2, 0.25) is 0 Å². The van der Waals surface area contributed by atoms with Crippen LogP contribution in [0.25, 0.3) is 0 Å². The molecule has 22 heavy (non-hydrogen) atoms. The van der Waals surface area contributed by atoms with Crippen molar-refractivity contribution < 1.29 is 19.1 Å². The fourth-order valence-corrected chi connectivity index (χ4v) is 2.24.